The topological polar surface area (TPSA) is 66.7 Å². The molecule has 16 heavy (non-hydrogen) atoms. The van der Waals surface area contributed by atoms with E-state index in [1.54, 1.807) is 12.4 Å². The number of hydrogen-bond donors (Lipinski definition) is 1. The van der Waals surface area contributed by atoms with Gasteiger partial charge in [0.2, 0.25) is 5.91 Å². The number of thioether (sulfide) groups is 1. The fourth-order valence-corrected chi connectivity index (χ4v) is 1.76. The summed E-state index contributed by atoms with van der Waals surface area (Å²) in [5.41, 5.74) is 1.68. The molecule has 0 spiro atoms. The molecule has 2 rings (SSSR count). The summed E-state index contributed by atoms with van der Waals surface area (Å²) in [6, 6.07) is 3.75. The number of carbonyl (C=O) groups excluding carboxylic acids is 1. The first-order valence-corrected chi connectivity index (χ1v) is 5.69. The third kappa shape index (κ3) is 2.66. The summed E-state index contributed by atoms with van der Waals surface area (Å²) in [6.45, 7) is 1.85. The molecule has 82 valence electrons. The van der Waals surface area contributed by atoms with E-state index >= 15 is 0 Å². The largest absolute Gasteiger partial charge is 0.303 e. The molecule has 0 unspecified atom stereocenters. The Morgan fingerprint density at radius 2 is 2.50 bits per heavy atom. The predicted octanol–water partition coefficient (Wildman–Crippen LogP) is 1.02. The number of pyridine rings is 1. The van der Waals surface area contributed by atoms with Gasteiger partial charge >= 0.3 is 0 Å². The number of carbonyl (C=O) groups is 1. The average molecular weight is 234 g/mol. The summed E-state index contributed by atoms with van der Waals surface area (Å²) in [5.74, 6) is 0.387. The molecule has 1 aromatic heterocycles. The lowest BCUT2D eigenvalue weighted by atomic mass is 10.2. The van der Waals surface area contributed by atoms with E-state index in [1.165, 1.54) is 11.8 Å². The minimum Gasteiger partial charge on any atom is -0.303 e. The van der Waals surface area contributed by atoms with Gasteiger partial charge in [-0.2, -0.15) is 5.10 Å². The van der Waals surface area contributed by atoms with Gasteiger partial charge in [0.1, 0.15) is 0 Å². The molecule has 1 N–H and O–H groups in total. The number of nitrogens with zero attached hydrogens (tertiary/aromatic N) is 3. The minimum absolute atomic E-state index is 0.0296. The van der Waals surface area contributed by atoms with Crippen molar-refractivity contribution in [2.75, 3.05) is 5.75 Å². The normalized spacial score (nSPS) is 18.9. The first-order valence-electron chi connectivity index (χ1n) is 4.71. The van der Waals surface area contributed by atoms with E-state index in [2.05, 4.69) is 20.5 Å². The van der Waals surface area contributed by atoms with Crippen molar-refractivity contribution >= 4 is 28.5 Å². The summed E-state index contributed by atoms with van der Waals surface area (Å²) in [5, 5.41) is 11.2. The van der Waals surface area contributed by atoms with Crippen LogP contribution >= 0.6 is 11.8 Å². The first-order chi connectivity index (χ1) is 7.75. The lowest BCUT2D eigenvalue weighted by molar-refractivity contribution is -0.116. The second-order valence-corrected chi connectivity index (χ2v) is 4.13. The first kappa shape index (κ1) is 10.8. The van der Waals surface area contributed by atoms with Gasteiger partial charge in [-0.25, -0.2) is 0 Å². The average Bonchev–Trinajstić information content (AvgIpc) is 2.73. The third-order valence-electron chi connectivity index (χ3n) is 1.96. The van der Waals surface area contributed by atoms with Crippen molar-refractivity contribution in [3.63, 3.8) is 0 Å². The number of nitrogens with one attached hydrogen (secondary N) is 1. The Morgan fingerprint density at radius 1 is 1.62 bits per heavy atom. The Morgan fingerprint density at radius 3 is 3.12 bits per heavy atom. The molecule has 2 heterocycles. The molecular weight excluding hydrogens is 224 g/mol. The van der Waals surface area contributed by atoms with Gasteiger partial charge < -0.3 is 5.32 Å². The molecule has 0 aliphatic carbocycles. The van der Waals surface area contributed by atoms with Crippen LogP contribution in [0.5, 0.6) is 0 Å². The lowest BCUT2D eigenvalue weighted by Crippen LogP contribution is -2.19. The zero-order valence-electron chi connectivity index (χ0n) is 8.67. The summed E-state index contributed by atoms with van der Waals surface area (Å²) in [7, 11) is 0. The maximum absolute atomic E-state index is 10.9. The molecule has 0 aromatic carbocycles. The van der Waals surface area contributed by atoms with E-state index < -0.39 is 0 Å². The van der Waals surface area contributed by atoms with Crippen molar-refractivity contribution < 1.29 is 4.79 Å². The van der Waals surface area contributed by atoms with E-state index in [1.807, 2.05) is 19.1 Å². The molecule has 0 atom stereocenters. The van der Waals surface area contributed by atoms with Crippen molar-refractivity contribution in [2.24, 2.45) is 10.2 Å². The molecule has 1 aliphatic heterocycles. The van der Waals surface area contributed by atoms with Crippen LogP contribution in [-0.2, 0) is 4.79 Å². The third-order valence-corrected chi connectivity index (χ3v) is 2.82. The molecule has 0 bridgehead atoms. The van der Waals surface area contributed by atoms with Crippen LogP contribution in [0.25, 0.3) is 0 Å². The highest BCUT2D eigenvalue weighted by Gasteiger charge is 2.16. The maximum Gasteiger partial charge on any atom is 0.236 e. The maximum atomic E-state index is 10.9. The number of amides is 1. The molecule has 1 aliphatic rings. The van der Waals surface area contributed by atoms with Crippen molar-refractivity contribution in [1.82, 2.24) is 10.3 Å². The fourth-order valence-electron chi connectivity index (χ4n) is 1.13. The van der Waals surface area contributed by atoms with Gasteiger partial charge in [-0.1, -0.05) is 17.8 Å². The highest BCUT2D eigenvalue weighted by Crippen LogP contribution is 2.09. The van der Waals surface area contributed by atoms with Gasteiger partial charge in [0.25, 0.3) is 0 Å². The van der Waals surface area contributed by atoms with Crippen LogP contribution in [0.2, 0.25) is 0 Å². The number of hydrogen-bond acceptors (Lipinski definition) is 5. The standard InChI is InChI=1S/C10H10N4OS/c1-7(8-3-2-4-11-5-8)13-14-10-12-9(15)6-16-10/h2-5H,6H2,1H3,(H,12,14,15). The van der Waals surface area contributed by atoms with Gasteiger partial charge in [-0.3, -0.25) is 9.78 Å². The van der Waals surface area contributed by atoms with Crippen LogP contribution in [0, 0.1) is 0 Å². The zero-order valence-corrected chi connectivity index (χ0v) is 9.49. The fraction of sp³-hybridized carbons (Fsp3) is 0.200. The van der Waals surface area contributed by atoms with Gasteiger partial charge in [0.15, 0.2) is 5.17 Å². The van der Waals surface area contributed by atoms with Crippen LogP contribution in [0.3, 0.4) is 0 Å². The van der Waals surface area contributed by atoms with Crippen LogP contribution in [0.15, 0.2) is 34.7 Å². The number of amidine groups is 1. The molecule has 0 radical (unpaired) electrons. The molecular formula is C10H10N4OS. The van der Waals surface area contributed by atoms with Crippen LogP contribution in [0.4, 0.5) is 0 Å². The molecule has 1 amide bonds. The van der Waals surface area contributed by atoms with Crippen molar-refractivity contribution in [3.8, 4) is 0 Å². The summed E-state index contributed by atoms with van der Waals surface area (Å²) < 4.78 is 0. The van der Waals surface area contributed by atoms with E-state index in [4.69, 9.17) is 0 Å². The molecule has 1 saturated heterocycles. The molecule has 0 saturated carbocycles. The minimum atomic E-state index is -0.0296. The Balaban J connectivity index is 2.11. The van der Waals surface area contributed by atoms with Crippen LogP contribution in [-0.4, -0.2) is 27.5 Å². The Bertz CT molecular complexity index is 455. The summed E-state index contributed by atoms with van der Waals surface area (Å²) >= 11 is 1.35. The van der Waals surface area contributed by atoms with E-state index in [0.717, 1.165) is 11.3 Å². The second-order valence-electron chi connectivity index (χ2n) is 3.17. The van der Waals surface area contributed by atoms with Gasteiger partial charge in [0.05, 0.1) is 11.5 Å². The zero-order chi connectivity index (χ0) is 11.4. The number of aromatic nitrogens is 1. The SMILES string of the molecule is CC(=N/N=C1/NC(=O)CS1)c1cccnc1. The highest BCUT2D eigenvalue weighted by atomic mass is 32.2. The predicted molar refractivity (Wildman–Crippen MR) is 64.5 cm³/mol. The monoisotopic (exact) mass is 234 g/mol. The molecule has 1 fully saturated rings. The highest BCUT2D eigenvalue weighted by molar-refractivity contribution is 8.15. The van der Waals surface area contributed by atoms with Crippen molar-refractivity contribution in [1.29, 1.82) is 0 Å². The van der Waals surface area contributed by atoms with E-state index in [9.17, 15) is 4.79 Å². The smallest absolute Gasteiger partial charge is 0.236 e. The number of rotatable bonds is 2. The molecule has 5 nitrogen and oxygen atoms in total. The van der Waals surface area contributed by atoms with Gasteiger partial charge in [-0.05, 0) is 13.0 Å². The second kappa shape index (κ2) is 4.89. The van der Waals surface area contributed by atoms with Crippen molar-refractivity contribution in [3.05, 3.63) is 30.1 Å². The van der Waals surface area contributed by atoms with Gasteiger partial charge in [-0.15, -0.1) is 5.10 Å². The molecule has 6 heteroatoms. The van der Waals surface area contributed by atoms with Crippen LogP contribution < -0.4 is 5.32 Å². The Kier molecular flexibility index (Phi) is 3.31. The van der Waals surface area contributed by atoms with Crippen molar-refractivity contribution in [2.45, 2.75) is 6.92 Å². The quantitative estimate of drug-likeness (QED) is 0.613. The Labute approximate surface area is 97.1 Å². The molecule has 1 aromatic rings. The van der Waals surface area contributed by atoms with E-state index in [0.29, 0.717) is 10.9 Å². The Hall–Kier alpha value is -1.69. The summed E-state index contributed by atoms with van der Waals surface area (Å²) in [4.78, 5) is 14.9. The summed E-state index contributed by atoms with van der Waals surface area (Å²) in [6.07, 6.45) is 3.43. The lowest BCUT2D eigenvalue weighted by Gasteiger charge is -1.96. The van der Waals surface area contributed by atoms with Gasteiger partial charge in [0, 0.05) is 18.0 Å². The van der Waals surface area contributed by atoms with Crippen LogP contribution in [0.1, 0.15) is 12.5 Å². The van der Waals surface area contributed by atoms with E-state index in [-0.39, 0.29) is 5.91 Å².